The van der Waals surface area contributed by atoms with Gasteiger partial charge in [-0.3, -0.25) is 0 Å². The van der Waals surface area contributed by atoms with Crippen LogP contribution in [0.1, 0.15) is 11.1 Å². The molecule has 0 heterocycles. The summed E-state index contributed by atoms with van der Waals surface area (Å²) in [7, 11) is -3.94. The van der Waals surface area contributed by atoms with Gasteiger partial charge in [-0.05, 0) is 191 Å². The van der Waals surface area contributed by atoms with E-state index in [0.29, 0.717) is 0 Å². The van der Waals surface area contributed by atoms with Crippen molar-refractivity contribution >= 4 is 85.0 Å². The molecule has 0 saturated heterocycles. The van der Waals surface area contributed by atoms with E-state index in [9.17, 15) is 0 Å². The first-order valence-electron chi connectivity index (χ1n) is 28.3. The topological polar surface area (TPSA) is 26.8 Å². The molecule has 83 heavy (non-hydrogen) atoms. The van der Waals surface area contributed by atoms with Crippen molar-refractivity contribution in [1.29, 1.82) is 0 Å². The zero-order chi connectivity index (χ0) is 56.1. The number of nitrogens with zero attached hydrogens (tertiary/aromatic N) is 3. The molecule has 0 atom stereocenters. The average Bonchev–Trinajstić information content (AvgIpc) is 3.52. The molecule has 0 N–H and O–H groups in total. The lowest BCUT2D eigenvalue weighted by molar-refractivity contribution is 0.592. The van der Waals surface area contributed by atoms with Crippen molar-refractivity contribution in [1.82, 2.24) is 0 Å². The van der Waals surface area contributed by atoms with E-state index in [0.717, 1.165) is 122 Å². The molecule has 0 unspecified atom stereocenters. The molecule has 0 radical (unpaired) electrons. The van der Waals surface area contributed by atoms with Crippen molar-refractivity contribution in [2.45, 2.75) is 13.8 Å². The molecule has 0 aliphatic carbocycles. The summed E-state index contributed by atoms with van der Waals surface area (Å²) in [4.78, 5) is 6.84. The predicted octanol–water partition coefficient (Wildman–Crippen LogP) is 20.5. The Morgan fingerprint density at radius 3 is 0.759 bits per heavy atom. The third kappa shape index (κ3) is 10.5. The standard InChI is InChI=1S/C78H60N3OP/c1-57-37-51-76(73(53-57)59-39-45-70(46-40-59)79(64-25-9-3-10-26-64)65-27-11-4-12-28-65)83(82,77-52-38-58(2)54-74(77)60-41-47-71(48-42-60)80(66-29-13-5-14-30-66)67-31-15-6-16-32-67)78-56-63-24-22-21-23-62(63)55-75(78)61-43-49-72(50-44-61)81(68-33-17-7-18-34-68)69-35-19-8-20-36-69/h3-56H,1-2H3. The lowest BCUT2D eigenvalue weighted by Gasteiger charge is -2.29. The van der Waals surface area contributed by atoms with Gasteiger partial charge in [0, 0.05) is 67.1 Å². The molecule has 13 aromatic carbocycles. The van der Waals surface area contributed by atoms with Crippen LogP contribution in [-0.2, 0) is 4.57 Å². The Bertz CT molecular complexity index is 4090. The van der Waals surface area contributed by atoms with Gasteiger partial charge in [0.05, 0.1) is 0 Å². The van der Waals surface area contributed by atoms with Gasteiger partial charge >= 0.3 is 0 Å². The van der Waals surface area contributed by atoms with E-state index in [1.165, 1.54) is 0 Å². The van der Waals surface area contributed by atoms with E-state index in [2.05, 4.69) is 356 Å². The SMILES string of the molecule is Cc1ccc(P(=O)(c2ccc(C)cc2-c2ccc(N(c3ccccc3)c3ccccc3)cc2)c2cc3ccccc3cc2-c2ccc(N(c3ccccc3)c3ccccc3)cc2)c(-c2ccc(N(c3ccccc3)c3ccccc3)cc2)c1. The van der Waals surface area contributed by atoms with Crippen molar-refractivity contribution in [3.05, 3.63) is 339 Å². The normalized spacial score (nSPS) is 11.3. The molecule has 0 aromatic heterocycles. The zero-order valence-corrected chi connectivity index (χ0v) is 47.3. The highest BCUT2D eigenvalue weighted by molar-refractivity contribution is 7.86. The van der Waals surface area contributed by atoms with Gasteiger partial charge in [-0.1, -0.05) is 205 Å². The van der Waals surface area contributed by atoms with Crippen LogP contribution in [0.4, 0.5) is 51.2 Å². The monoisotopic (exact) mass is 1090 g/mol. The van der Waals surface area contributed by atoms with Crippen molar-refractivity contribution < 1.29 is 4.57 Å². The van der Waals surface area contributed by atoms with E-state index in [1.54, 1.807) is 0 Å². The van der Waals surface area contributed by atoms with Crippen LogP contribution >= 0.6 is 7.14 Å². The van der Waals surface area contributed by atoms with Crippen molar-refractivity contribution in [2.24, 2.45) is 0 Å². The lowest BCUT2D eigenvalue weighted by Crippen LogP contribution is -2.29. The Kier molecular flexibility index (Phi) is 14.5. The molecule has 5 heteroatoms. The summed E-state index contributed by atoms with van der Waals surface area (Å²) in [5.41, 5.74) is 17.2. The number of benzene rings is 13. The van der Waals surface area contributed by atoms with E-state index >= 15 is 4.57 Å². The molecular formula is C78H60N3OP. The van der Waals surface area contributed by atoms with Crippen molar-refractivity contribution in [3.8, 4) is 33.4 Å². The van der Waals surface area contributed by atoms with Crippen LogP contribution in [0, 0.1) is 13.8 Å². The number of rotatable bonds is 15. The fraction of sp³-hybridized carbons (Fsp3) is 0.0256. The van der Waals surface area contributed by atoms with Crippen LogP contribution in [0.25, 0.3) is 44.2 Å². The first kappa shape index (κ1) is 52.1. The summed E-state index contributed by atoms with van der Waals surface area (Å²) >= 11 is 0. The number of fused-ring (bicyclic) bond motifs is 1. The Morgan fingerprint density at radius 2 is 0.470 bits per heavy atom. The molecular weight excluding hydrogens is 1030 g/mol. The molecule has 398 valence electrons. The number of hydrogen-bond donors (Lipinski definition) is 0. The highest BCUT2D eigenvalue weighted by Crippen LogP contribution is 2.52. The first-order chi connectivity index (χ1) is 40.9. The van der Waals surface area contributed by atoms with Gasteiger partial charge in [-0.25, -0.2) is 0 Å². The number of para-hydroxylation sites is 6. The number of hydrogen-bond acceptors (Lipinski definition) is 4. The zero-order valence-electron chi connectivity index (χ0n) is 46.4. The van der Waals surface area contributed by atoms with E-state index in [4.69, 9.17) is 0 Å². The van der Waals surface area contributed by atoms with Gasteiger partial charge in [0.2, 0.25) is 0 Å². The summed E-state index contributed by atoms with van der Waals surface area (Å²) in [5, 5.41) is 4.40. The van der Waals surface area contributed by atoms with E-state index < -0.39 is 7.14 Å². The summed E-state index contributed by atoms with van der Waals surface area (Å²) in [6, 6.07) is 115. The van der Waals surface area contributed by atoms with Gasteiger partial charge < -0.3 is 19.3 Å². The minimum Gasteiger partial charge on any atom is -0.311 e. The second-order valence-electron chi connectivity index (χ2n) is 21.0. The first-order valence-corrected chi connectivity index (χ1v) is 30.0. The molecule has 0 spiro atoms. The smallest absolute Gasteiger partial charge is 0.172 e. The van der Waals surface area contributed by atoms with Gasteiger partial charge in [0.1, 0.15) is 0 Å². The molecule has 0 bridgehead atoms. The maximum atomic E-state index is 18.5. The second-order valence-corrected chi connectivity index (χ2v) is 23.7. The average molecular weight is 1090 g/mol. The number of anilines is 9. The van der Waals surface area contributed by atoms with Crippen LogP contribution in [-0.4, -0.2) is 0 Å². The quantitative estimate of drug-likeness (QED) is 0.0956. The molecule has 0 aliphatic heterocycles. The second kappa shape index (κ2) is 23.1. The number of aryl methyl sites for hydroxylation is 2. The van der Waals surface area contributed by atoms with Crippen LogP contribution in [0.15, 0.2) is 328 Å². The summed E-state index contributed by atoms with van der Waals surface area (Å²) in [6.07, 6.45) is 0. The van der Waals surface area contributed by atoms with Crippen molar-refractivity contribution in [3.63, 3.8) is 0 Å². The Morgan fingerprint density at radius 1 is 0.229 bits per heavy atom. The molecule has 0 aliphatic rings. The molecule has 0 saturated carbocycles. The van der Waals surface area contributed by atoms with Gasteiger partial charge in [0.25, 0.3) is 0 Å². The predicted molar refractivity (Wildman–Crippen MR) is 353 cm³/mol. The molecule has 0 amide bonds. The van der Waals surface area contributed by atoms with Crippen molar-refractivity contribution in [2.75, 3.05) is 14.7 Å². The Balaban J connectivity index is 1.03. The van der Waals surface area contributed by atoms with Crippen LogP contribution in [0.3, 0.4) is 0 Å². The van der Waals surface area contributed by atoms with Crippen LogP contribution in [0.5, 0.6) is 0 Å². The van der Waals surface area contributed by atoms with E-state index in [1.807, 2.05) is 0 Å². The van der Waals surface area contributed by atoms with Gasteiger partial charge in [0.15, 0.2) is 7.14 Å². The van der Waals surface area contributed by atoms with Crippen LogP contribution < -0.4 is 30.6 Å². The Labute approximate surface area is 487 Å². The highest BCUT2D eigenvalue weighted by atomic mass is 31.2. The third-order valence-corrected chi connectivity index (χ3v) is 18.8. The maximum absolute atomic E-state index is 18.5. The van der Waals surface area contributed by atoms with Gasteiger partial charge in [-0.2, -0.15) is 0 Å². The van der Waals surface area contributed by atoms with Gasteiger partial charge in [-0.15, -0.1) is 0 Å². The molecule has 0 fully saturated rings. The highest BCUT2D eigenvalue weighted by Gasteiger charge is 2.37. The molecule has 13 aromatic rings. The van der Waals surface area contributed by atoms with E-state index in [-0.39, 0.29) is 0 Å². The third-order valence-electron chi connectivity index (χ3n) is 15.6. The minimum atomic E-state index is -3.94. The van der Waals surface area contributed by atoms with Crippen LogP contribution in [0.2, 0.25) is 0 Å². The largest absolute Gasteiger partial charge is 0.311 e. The molecule has 13 rings (SSSR count). The maximum Gasteiger partial charge on any atom is 0.172 e. The fourth-order valence-corrected chi connectivity index (χ4v) is 14.9. The molecule has 4 nitrogen and oxygen atoms in total. The Hall–Kier alpha value is -10.3. The summed E-state index contributed by atoms with van der Waals surface area (Å²) in [6.45, 7) is 4.26. The minimum absolute atomic E-state index is 0.771. The summed E-state index contributed by atoms with van der Waals surface area (Å²) < 4.78 is 18.5. The fourth-order valence-electron chi connectivity index (χ4n) is 11.6. The lowest BCUT2D eigenvalue weighted by atomic mass is 10.0. The summed E-state index contributed by atoms with van der Waals surface area (Å²) in [5.74, 6) is 0.